The fourth-order valence-corrected chi connectivity index (χ4v) is 9.13. The third-order valence-corrected chi connectivity index (χ3v) is 10.8. The number of fused-ring (bicyclic) bond motifs is 5. The molecule has 0 bridgehead atoms. The Hall–Kier alpha value is -1.38. The van der Waals surface area contributed by atoms with E-state index in [0.29, 0.717) is 17.8 Å². The summed E-state index contributed by atoms with van der Waals surface area (Å²) in [6.07, 6.45) is 14.2. The zero-order valence-corrected chi connectivity index (χ0v) is 21.6. The summed E-state index contributed by atoms with van der Waals surface area (Å²) < 4.78 is 18.0. The summed E-state index contributed by atoms with van der Waals surface area (Å²) in [6, 6.07) is 2.62. The zero-order chi connectivity index (χ0) is 24.1. The lowest BCUT2D eigenvalue weighted by atomic mass is 9.47. The van der Waals surface area contributed by atoms with Crippen molar-refractivity contribution in [3.8, 4) is 6.07 Å². The van der Waals surface area contributed by atoms with Crippen molar-refractivity contribution >= 4 is 5.97 Å². The monoisotopic (exact) mass is 469 g/mol. The number of carbonyl (C=O) groups is 1. The number of carbonyl (C=O) groups excluding carboxylic acids is 1. The van der Waals surface area contributed by atoms with Crippen LogP contribution in [0.1, 0.15) is 98.3 Å². The molecule has 5 heteroatoms. The molecule has 4 aliphatic carbocycles. The van der Waals surface area contributed by atoms with E-state index in [-0.39, 0.29) is 35.1 Å². The van der Waals surface area contributed by atoms with Crippen molar-refractivity contribution in [2.24, 2.45) is 34.5 Å². The summed E-state index contributed by atoms with van der Waals surface area (Å²) in [5.41, 5.74) is 1.10. The molecule has 0 aromatic rings. The van der Waals surface area contributed by atoms with Crippen LogP contribution in [-0.2, 0) is 19.0 Å². The first-order valence-corrected chi connectivity index (χ1v) is 13.8. The van der Waals surface area contributed by atoms with Crippen LogP contribution in [0.25, 0.3) is 0 Å². The molecular formula is C29H43NO4. The second kappa shape index (κ2) is 8.93. The third-order valence-electron chi connectivity index (χ3n) is 10.8. The van der Waals surface area contributed by atoms with Gasteiger partial charge in [0.1, 0.15) is 6.10 Å². The lowest BCUT2D eigenvalue weighted by molar-refractivity contribution is -0.229. The molecule has 9 atom stereocenters. The molecule has 0 aromatic heterocycles. The van der Waals surface area contributed by atoms with Gasteiger partial charge in [-0.25, -0.2) is 0 Å². The topological polar surface area (TPSA) is 68.6 Å². The second-order valence-corrected chi connectivity index (χ2v) is 12.5. The minimum atomic E-state index is -0.792. The average molecular weight is 470 g/mol. The Morgan fingerprint density at radius 1 is 1.15 bits per heavy atom. The zero-order valence-electron chi connectivity index (χ0n) is 21.6. The van der Waals surface area contributed by atoms with E-state index in [9.17, 15) is 10.1 Å². The maximum absolute atomic E-state index is 11.5. The highest BCUT2D eigenvalue weighted by molar-refractivity contribution is 5.66. The largest absolute Gasteiger partial charge is 0.462 e. The Morgan fingerprint density at radius 3 is 2.68 bits per heavy atom. The summed E-state index contributed by atoms with van der Waals surface area (Å²) in [6.45, 7) is 9.25. The van der Waals surface area contributed by atoms with Crippen molar-refractivity contribution < 1.29 is 19.0 Å². The Kier molecular flexibility index (Phi) is 6.39. The van der Waals surface area contributed by atoms with E-state index < -0.39 is 5.60 Å². The van der Waals surface area contributed by atoms with Crippen LogP contribution in [0, 0.1) is 45.8 Å². The molecule has 4 fully saturated rings. The smallest absolute Gasteiger partial charge is 0.302 e. The van der Waals surface area contributed by atoms with Crippen LogP contribution in [0.15, 0.2) is 11.6 Å². The summed E-state index contributed by atoms with van der Waals surface area (Å²) in [7, 11) is 0. The minimum absolute atomic E-state index is 0.0496. The Bertz CT molecular complexity index is 872. The predicted molar refractivity (Wildman–Crippen MR) is 129 cm³/mol. The molecule has 1 saturated heterocycles. The van der Waals surface area contributed by atoms with Crippen molar-refractivity contribution in [3.63, 3.8) is 0 Å². The first kappa shape index (κ1) is 24.3. The Balaban J connectivity index is 1.35. The Labute approximate surface area is 205 Å². The van der Waals surface area contributed by atoms with Gasteiger partial charge in [0.15, 0.2) is 11.9 Å². The molecule has 1 heterocycles. The molecule has 0 N–H and O–H groups in total. The van der Waals surface area contributed by atoms with Gasteiger partial charge >= 0.3 is 5.97 Å². The molecule has 5 nitrogen and oxygen atoms in total. The lowest BCUT2D eigenvalue weighted by Gasteiger charge is -2.58. The van der Waals surface area contributed by atoms with E-state index in [0.717, 1.165) is 58.0 Å². The van der Waals surface area contributed by atoms with Gasteiger partial charge in [-0.05, 0) is 99.7 Å². The van der Waals surface area contributed by atoms with Crippen molar-refractivity contribution in [1.29, 1.82) is 5.26 Å². The van der Waals surface area contributed by atoms with Gasteiger partial charge in [0.05, 0.1) is 6.07 Å². The quantitative estimate of drug-likeness (QED) is 0.356. The number of hydrogen-bond donors (Lipinski definition) is 0. The van der Waals surface area contributed by atoms with Crippen LogP contribution >= 0.6 is 0 Å². The molecule has 0 spiro atoms. The average Bonchev–Trinajstić information content (AvgIpc) is 3.17. The highest BCUT2D eigenvalue weighted by Crippen LogP contribution is 2.67. The van der Waals surface area contributed by atoms with Crippen LogP contribution in [0.2, 0.25) is 0 Å². The van der Waals surface area contributed by atoms with Gasteiger partial charge in [-0.1, -0.05) is 25.5 Å². The van der Waals surface area contributed by atoms with E-state index in [4.69, 9.17) is 14.2 Å². The molecule has 1 aliphatic heterocycles. The molecule has 3 saturated carbocycles. The van der Waals surface area contributed by atoms with Gasteiger partial charge in [-0.3, -0.25) is 4.79 Å². The predicted octanol–water partition coefficient (Wildman–Crippen LogP) is 6.32. The van der Waals surface area contributed by atoms with E-state index in [1.807, 2.05) is 6.92 Å². The molecular weight excluding hydrogens is 426 g/mol. The van der Waals surface area contributed by atoms with Gasteiger partial charge < -0.3 is 14.2 Å². The van der Waals surface area contributed by atoms with Crippen molar-refractivity contribution in [2.45, 2.75) is 116 Å². The molecule has 5 rings (SSSR count). The number of allylic oxidation sites excluding steroid dienone is 1. The first-order chi connectivity index (χ1) is 16.2. The fraction of sp³-hybridized carbons (Fsp3) is 0.862. The molecule has 0 aromatic carbocycles. The fourth-order valence-electron chi connectivity index (χ4n) is 9.13. The number of ether oxygens (including phenoxy) is 3. The minimum Gasteiger partial charge on any atom is -0.462 e. The maximum Gasteiger partial charge on any atom is 0.302 e. The third kappa shape index (κ3) is 3.94. The van der Waals surface area contributed by atoms with Crippen molar-refractivity contribution in [2.75, 3.05) is 6.61 Å². The molecule has 0 amide bonds. The molecule has 0 unspecified atom stereocenters. The van der Waals surface area contributed by atoms with Crippen LogP contribution in [0.5, 0.6) is 0 Å². The van der Waals surface area contributed by atoms with Crippen molar-refractivity contribution in [1.82, 2.24) is 0 Å². The van der Waals surface area contributed by atoms with Gasteiger partial charge in [-0.2, -0.15) is 5.26 Å². The standard InChI is InChI=1S/C29H43NO4/c1-19(31)33-21-12-14-27(2)20(17-21)8-9-22-23-10-11-25(28(23,3)15-13-24(22)27)29(4,18-30)34-26-7-5-6-16-32-26/h8,21-26H,5-7,9-17H2,1-4H3/t21-,22+,23+,24+,25+,26-,27-,28-,29+/m0/s1. The van der Waals surface area contributed by atoms with Crippen molar-refractivity contribution in [3.05, 3.63) is 11.6 Å². The van der Waals surface area contributed by atoms with Crippen LogP contribution < -0.4 is 0 Å². The number of esters is 1. The number of nitriles is 1. The van der Waals surface area contributed by atoms with Gasteiger partial charge in [-0.15, -0.1) is 0 Å². The number of nitrogens with zero attached hydrogens (tertiary/aromatic N) is 1. The van der Waals surface area contributed by atoms with E-state index >= 15 is 0 Å². The van der Waals surface area contributed by atoms with Crippen LogP contribution in [0.4, 0.5) is 0 Å². The van der Waals surface area contributed by atoms with E-state index in [2.05, 4.69) is 26.0 Å². The number of hydrogen-bond acceptors (Lipinski definition) is 5. The summed E-state index contributed by atoms with van der Waals surface area (Å²) in [5.74, 6) is 2.10. The normalized spacial score (nSPS) is 45.6. The number of rotatable bonds is 4. The summed E-state index contributed by atoms with van der Waals surface area (Å²) >= 11 is 0. The SMILES string of the molecule is CC(=O)O[C@H]1CC[C@@]2(C)C(=CC[C@@H]3[C@H]4CC[C@@H]([C@@](C)(C#N)O[C@H]5CCCCO5)[C@@]4(C)CC[C@H]32)C1. The van der Waals surface area contributed by atoms with Gasteiger partial charge in [0, 0.05) is 25.9 Å². The van der Waals surface area contributed by atoms with E-state index in [1.54, 1.807) is 0 Å². The van der Waals surface area contributed by atoms with Gasteiger partial charge in [0.2, 0.25) is 0 Å². The molecule has 188 valence electrons. The summed E-state index contributed by atoms with van der Waals surface area (Å²) in [5, 5.41) is 10.3. The molecule has 5 aliphatic rings. The maximum atomic E-state index is 11.5. The lowest BCUT2D eigenvalue weighted by Crippen LogP contribution is -2.54. The highest BCUT2D eigenvalue weighted by Gasteiger charge is 2.62. The van der Waals surface area contributed by atoms with Crippen LogP contribution in [-0.4, -0.2) is 30.6 Å². The first-order valence-electron chi connectivity index (χ1n) is 13.8. The van der Waals surface area contributed by atoms with Crippen LogP contribution in [0.3, 0.4) is 0 Å². The Morgan fingerprint density at radius 2 is 1.97 bits per heavy atom. The van der Waals surface area contributed by atoms with Gasteiger partial charge in [0.25, 0.3) is 0 Å². The highest BCUT2D eigenvalue weighted by atomic mass is 16.7. The molecule has 0 radical (unpaired) electrons. The molecule has 34 heavy (non-hydrogen) atoms. The summed E-state index contributed by atoms with van der Waals surface area (Å²) in [4.78, 5) is 11.5. The van der Waals surface area contributed by atoms with E-state index in [1.165, 1.54) is 31.8 Å². The second-order valence-electron chi connectivity index (χ2n) is 12.5.